The van der Waals surface area contributed by atoms with Crippen molar-refractivity contribution in [2.75, 3.05) is 6.79 Å². The van der Waals surface area contributed by atoms with Crippen molar-refractivity contribution >= 4 is 21.6 Å². The highest BCUT2D eigenvalue weighted by atomic mass is 35.5. The molecule has 0 aromatic heterocycles. The Balaban J connectivity index is 2.03. The summed E-state index contributed by atoms with van der Waals surface area (Å²) < 4.78 is 49.0. The van der Waals surface area contributed by atoms with Crippen LogP contribution in [0.3, 0.4) is 0 Å². The van der Waals surface area contributed by atoms with Gasteiger partial charge in [-0.05, 0) is 47.0 Å². The van der Waals surface area contributed by atoms with Gasteiger partial charge in [-0.15, -0.1) is 0 Å². The highest BCUT2D eigenvalue weighted by Crippen LogP contribution is 2.44. The number of halogens is 2. The molecule has 0 fully saturated rings. The Morgan fingerprint density at radius 3 is 2.26 bits per heavy atom. The topological polar surface area (TPSA) is 78.6 Å². The molecule has 8 heteroatoms. The zero-order valence-electron chi connectivity index (χ0n) is 13.8. The van der Waals surface area contributed by atoms with Crippen molar-refractivity contribution in [3.05, 3.63) is 65.4 Å². The molecule has 1 aliphatic rings. The monoisotopic (exact) mass is 405 g/mol. The van der Waals surface area contributed by atoms with Crippen LogP contribution in [-0.2, 0) is 10.0 Å². The fourth-order valence-corrected chi connectivity index (χ4v) is 3.87. The average molecular weight is 406 g/mol. The van der Waals surface area contributed by atoms with Crippen LogP contribution in [0.25, 0.3) is 22.3 Å². The average Bonchev–Trinajstić information content (AvgIpc) is 3.10. The minimum atomic E-state index is -3.98. The summed E-state index contributed by atoms with van der Waals surface area (Å²) in [6, 6.07) is 14.0. The van der Waals surface area contributed by atoms with Gasteiger partial charge in [-0.2, -0.15) is 0 Å². The normalized spacial score (nSPS) is 13.0. The molecule has 3 aromatic carbocycles. The van der Waals surface area contributed by atoms with Crippen LogP contribution in [0.2, 0.25) is 5.02 Å². The molecule has 4 rings (SSSR count). The van der Waals surface area contributed by atoms with Gasteiger partial charge in [0.1, 0.15) is 5.82 Å². The number of sulfonamides is 1. The lowest BCUT2D eigenvalue weighted by Crippen LogP contribution is -2.13. The zero-order valence-corrected chi connectivity index (χ0v) is 15.4. The van der Waals surface area contributed by atoms with E-state index in [-0.39, 0.29) is 16.7 Å². The fourth-order valence-electron chi connectivity index (χ4n) is 3.00. The second kappa shape index (κ2) is 6.53. The molecule has 0 radical (unpaired) electrons. The van der Waals surface area contributed by atoms with Gasteiger partial charge in [0, 0.05) is 5.56 Å². The van der Waals surface area contributed by atoms with E-state index in [4.69, 9.17) is 26.2 Å². The first-order valence-electron chi connectivity index (χ1n) is 7.86. The Labute approximate surface area is 160 Å². The van der Waals surface area contributed by atoms with E-state index in [0.29, 0.717) is 33.8 Å². The second-order valence-corrected chi connectivity index (χ2v) is 7.86. The van der Waals surface area contributed by atoms with Crippen LogP contribution >= 0.6 is 11.6 Å². The van der Waals surface area contributed by atoms with Crippen LogP contribution in [0, 0.1) is 5.82 Å². The molecule has 0 saturated carbocycles. The fraction of sp³-hybridized carbons (Fsp3) is 0.0526. The minimum Gasteiger partial charge on any atom is -0.454 e. The van der Waals surface area contributed by atoms with Crippen LogP contribution in [-0.4, -0.2) is 15.2 Å². The van der Waals surface area contributed by atoms with Crippen molar-refractivity contribution < 1.29 is 22.3 Å². The Morgan fingerprint density at radius 2 is 1.59 bits per heavy atom. The first-order valence-corrected chi connectivity index (χ1v) is 9.78. The largest absolute Gasteiger partial charge is 0.454 e. The second-order valence-electron chi connectivity index (χ2n) is 5.92. The van der Waals surface area contributed by atoms with Gasteiger partial charge < -0.3 is 9.47 Å². The third kappa shape index (κ3) is 3.25. The number of nitrogens with two attached hydrogens (primary N) is 1. The van der Waals surface area contributed by atoms with Crippen molar-refractivity contribution in [1.29, 1.82) is 0 Å². The van der Waals surface area contributed by atoms with E-state index in [1.165, 1.54) is 18.2 Å². The summed E-state index contributed by atoms with van der Waals surface area (Å²) in [6.45, 7) is 0.0457. The summed E-state index contributed by atoms with van der Waals surface area (Å²) in [5.41, 5.74) is 1.97. The van der Waals surface area contributed by atoms with E-state index in [0.717, 1.165) is 0 Å². The highest BCUT2D eigenvalue weighted by molar-refractivity contribution is 7.89. The highest BCUT2D eigenvalue weighted by Gasteiger charge is 2.23. The van der Waals surface area contributed by atoms with Crippen LogP contribution in [0.1, 0.15) is 0 Å². The van der Waals surface area contributed by atoms with Crippen LogP contribution in [0.4, 0.5) is 4.39 Å². The molecule has 2 N–H and O–H groups in total. The van der Waals surface area contributed by atoms with Gasteiger partial charge in [0.15, 0.2) is 11.5 Å². The first-order chi connectivity index (χ1) is 12.8. The lowest BCUT2D eigenvalue weighted by molar-refractivity contribution is 0.174. The van der Waals surface area contributed by atoms with Gasteiger partial charge in [-0.25, -0.2) is 17.9 Å². The van der Waals surface area contributed by atoms with Gasteiger partial charge in [0.05, 0.1) is 9.92 Å². The molecule has 138 valence electrons. The third-order valence-electron chi connectivity index (χ3n) is 4.23. The number of benzene rings is 3. The predicted molar refractivity (Wildman–Crippen MR) is 99.8 cm³/mol. The van der Waals surface area contributed by atoms with Crippen LogP contribution < -0.4 is 14.6 Å². The molecule has 1 heterocycles. The number of fused-ring (bicyclic) bond motifs is 1. The summed E-state index contributed by atoms with van der Waals surface area (Å²) in [6.07, 6.45) is 0. The Kier molecular flexibility index (Phi) is 4.30. The van der Waals surface area contributed by atoms with Gasteiger partial charge in [-0.3, -0.25) is 0 Å². The Morgan fingerprint density at radius 1 is 0.926 bits per heavy atom. The molecule has 0 spiro atoms. The van der Waals surface area contributed by atoms with Crippen molar-refractivity contribution in [2.24, 2.45) is 5.14 Å². The quantitative estimate of drug-likeness (QED) is 0.708. The predicted octanol–water partition coefficient (Wildman–Crippen LogP) is 4.19. The SMILES string of the molecule is NS(=O)(=O)c1ccccc1-c1cc2c(cc1-c1ccc(Cl)c(F)c1)OCO2. The smallest absolute Gasteiger partial charge is 0.238 e. The third-order valence-corrected chi connectivity index (χ3v) is 5.50. The lowest BCUT2D eigenvalue weighted by Gasteiger charge is -2.15. The van der Waals surface area contributed by atoms with Gasteiger partial charge in [0.2, 0.25) is 16.8 Å². The van der Waals surface area contributed by atoms with Crippen molar-refractivity contribution in [3.8, 4) is 33.8 Å². The Bertz CT molecular complexity index is 1160. The molecule has 1 aliphatic heterocycles. The Hall–Kier alpha value is -2.61. The van der Waals surface area contributed by atoms with E-state index in [1.54, 1.807) is 36.4 Å². The molecular weight excluding hydrogens is 393 g/mol. The van der Waals surface area contributed by atoms with Crippen molar-refractivity contribution in [1.82, 2.24) is 0 Å². The lowest BCUT2D eigenvalue weighted by atomic mass is 9.93. The molecule has 3 aromatic rings. The summed E-state index contributed by atoms with van der Waals surface area (Å²) in [7, 11) is -3.98. The zero-order chi connectivity index (χ0) is 19.2. The van der Waals surface area contributed by atoms with E-state index in [9.17, 15) is 12.8 Å². The molecule has 0 bridgehead atoms. The molecule has 0 atom stereocenters. The van der Waals surface area contributed by atoms with E-state index < -0.39 is 15.8 Å². The molecule has 0 unspecified atom stereocenters. The van der Waals surface area contributed by atoms with E-state index in [2.05, 4.69) is 0 Å². The number of hydrogen-bond donors (Lipinski definition) is 1. The maximum absolute atomic E-state index is 14.0. The van der Waals surface area contributed by atoms with Crippen molar-refractivity contribution in [3.63, 3.8) is 0 Å². The molecule has 0 saturated heterocycles. The minimum absolute atomic E-state index is 0.00835. The van der Waals surface area contributed by atoms with Crippen LogP contribution in [0.15, 0.2) is 59.5 Å². The number of ether oxygens (including phenoxy) is 2. The maximum Gasteiger partial charge on any atom is 0.238 e. The summed E-state index contributed by atoms with van der Waals surface area (Å²) in [4.78, 5) is -0.0421. The number of hydrogen-bond acceptors (Lipinski definition) is 4. The summed E-state index contributed by atoms with van der Waals surface area (Å²) in [5, 5.41) is 5.37. The van der Waals surface area contributed by atoms with E-state index >= 15 is 0 Å². The van der Waals surface area contributed by atoms with Crippen LogP contribution in [0.5, 0.6) is 11.5 Å². The molecular formula is C19H13ClFNO4S. The number of rotatable bonds is 3. The van der Waals surface area contributed by atoms with Gasteiger partial charge in [-0.1, -0.05) is 35.9 Å². The molecule has 5 nitrogen and oxygen atoms in total. The molecule has 27 heavy (non-hydrogen) atoms. The van der Waals surface area contributed by atoms with Crippen molar-refractivity contribution in [2.45, 2.75) is 4.90 Å². The molecule has 0 amide bonds. The van der Waals surface area contributed by atoms with Gasteiger partial charge >= 0.3 is 0 Å². The first kappa shape index (κ1) is 17.8. The van der Waals surface area contributed by atoms with Gasteiger partial charge in [0.25, 0.3) is 0 Å². The maximum atomic E-state index is 14.0. The standard InChI is InChI=1S/C19H13ClFNO4S/c20-15-6-5-11(7-16(15)21)13-8-17-18(26-10-25-17)9-14(13)12-3-1-2-4-19(12)27(22,23)24/h1-9H,10H2,(H2,22,23,24). The summed E-state index contributed by atoms with van der Waals surface area (Å²) in [5.74, 6) is 0.363. The van der Waals surface area contributed by atoms with E-state index in [1.807, 2.05) is 0 Å². The summed E-state index contributed by atoms with van der Waals surface area (Å²) >= 11 is 5.79. The number of primary sulfonamides is 1. The molecule has 0 aliphatic carbocycles.